The molecular formula is C9H14N2O3. The van der Waals surface area contributed by atoms with Crippen LogP contribution in [0, 0.1) is 5.92 Å². The zero-order chi connectivity index (χ0) is 10.1. The average Bonchev–Trinajstić information content (AvgIpc) is 2.62. The fraction of sp³-hybridized carbons (Fsp3) is 0.778. The Balaban J connectivity index is 2.01. The lowest BCUT2D eigenvalue weighted by Crippen LogP contribution is -2.27. The third-order valence-corrected chi connectivity index (χ3v) is 2.74. The summed E-state index contributed by atoms with van der Waals surface area (Å²) in [6, 6.07) is 0. The van der Waals surface area contributed by atoms with Crippen molar-refractivity contribution in [3.8, 4) is 0 Å². The predicted octanol–water partition coefficient (Wildman–Crippen LogP) is 0.168. The van der Waals surface area contributed by atoms with E-state index in [0.29, 0.717) is 0 Å². The first-order valence-electron chi connectivity index (χ1n) is 4.91. The largest absolute Gasteiger partial charge is 0.477 e. The molecule has 2 aliphatic rings. The number of likely N-dealkylation sites (tertiary alicyclic amines) is 1. The molecule has 2 rings (SSSR count). The number of fused-ring (bicyclic) bond motifs is 1. The summed E-state index contributed by atoms with van der Waals surface area (Å²) in [5.74, 6) is -0.977. The van der Waals surface area contributed by atoms with E-state index in [1.807, 2.05) is 0 Å². The van der Waals surface area contributed by atoms with Crippen molar-refractivity contribution in [2.24, 2.45) is 11.1 Å². The maximum atomic E-state index is 10.8. The van der Waals surface area contributed by atoms with Gasteiger partial charge in [-0.05, 0) is 13.0 Å². The fourth-order valence-electron chi connectivity index (χ4n) is 2.11. The van der Waals surface area contributed by atoms with Gasteiger partial charge in [-0.25, -0.2) is 4.79 Å². The van der Waals surface area contributed by atoms with Gasteiger partial charge in [0.1, 0.15) is 6.10 Å². The van der Waals surface area contributed by atoms with Gasteiger partial charge in [0.25, 0.3) is 0 Å². The minimum atomic E-state index is -0.948. The third-order valence-electron chi connectivity index (χ3n) is 2.74. The number of rotatable bonds is 3. The standard InChI is InChI=1S/C9H14N2O3/c1-2-3-11-4-6-7(5-11)14-10-8(6)9(12)13/h6-7H,2-5H2,1H3,(H,12,13). The normalized spacial score (nSPS) is 31.1. The molecule has 0 spiro atoms. The topological polar surface area (TPSA) is 62.1 Å². The molecule has 2 atom stereocenters. The second kappa shape index (κ2) is 3.57. The number of carboxylic acids is 1. The van der Waals surface area contributed by atoms with E-state index in [4.69, 9.17) is 9.94 Å². The number of hydrogen-bond acceptors (Lipinski definition) is 4. The third kappa shape index (κ3) is 1.48. The molecule has 2 aliphatic heterocycles. The van der Waals surface area contributed by atoms with Gasteiger partial charge in [0.05, 0.1) is 5.92 Å². The molecule has 0 aromatic rings. The molecule has 0 aliphatic carbocycles. The average molecular weight is 198 g/mol. The SMILES string of the molecule is CCCN1CC2ON=C(C(=O)O)C2C1. The first kappa shape index (κ1) is 9.45. The lowest BCUT2D eigenvalue weighted by molar-refractivity contribution is -0.129. The molecule has 0 aromatic carbocycles. The first-order valence-corrected chi connectivity index (χ1v) is 4.91. The molecule has 5 nitrogen and oxygen atoms in total. The highest BCUT2D eigenvalue weighted by Crippen LogP contribution is 2.27. The van der Waals surface area contributed by atoms with Gasteiger partial charge >= 0.3 is 5.97 Å². The van der Waals surface area contributed by atoms with Crippen LogP contribution in [-0.2, 0) is 9.63 Å². The summed E-state index contributed by atoms with van der Waals surface area (Å²) in [7, 11) is 0. The molecule has 2 unspecified atom stereocenters. The van der Waals surface area contributed by atoms with Crippen molar-refractivity contribution in [1.29, 1.82) is 0 Å². The molecular weight excluding hydrogens is 184 g/mol. The highest BCUT2D eigenvalue weighted by atomic mass is 16.6. The Morgan fingerprint density at radius 2 is 2.50 bits per heavy atom. The van der Waals surface area contributed by atoms with Crippen LogP contribution in [0.4, 0.5) is 0 Å². The van der Waals surface area contributed by atoms with Gasteiger partial charge in [0.15, 0.2) is 5.71 Å². The molecule has 78 valence electrons. The number of nitrogens with zero attached hydrogens (tertiary/aromatic N) is 2. The lowest BCUT2D eigenvalue weighted by Gasteiger charge is -2.13. The number of oxime groups is 1. The number of carboxylic acid groups (broad SMARTS) is 1. The molecule has 1 saturated heterocycles. The summed E-state index contributed by atoms with van der Waals surface area (Å²) < 4.78 is 0. The molecule has 0 saturated carbocycles. The van der Waals surface area contributed by atoms with Crippen LogP contribution in [0.3, 0.4) is 0 Å². The van der Waals surface area contributed by atoms with Crippen LogP contribution in [0.15, 0.2) is 5.16 Å². The Morgan fingerprint density at radius 1 is 1.71 bits per heavy atom. The van der Waals surface area contributed by atoms with Crippen molar-refractivity contribution in [3.05, 3.63) is 0 Å². The van der Waals surface area contributed by atoms with E-state index in [-0.39, 0.29) is 17.7 Å². The molecule has 0 aromatic heterocycles. The van der Waals surface area contributed by atoms with E-state index >= 15 is 0 Å². The molecule has 14 heavy (non-hydrogen) atoms. The Morgan fingerprint density at radius 3 is 3.14 bits per heavy atom. The highest BCUT2D eigenvalue weighted by molar-refractivity contribution is 6.36. The molecule has 0 radical (unpaired) electrons. The van der Waals surface area contributed by atoms with E-state index in [1.165, 1.54) is 0 Å². The minimum Gasteiger partial charge on any atom is -0.477 e. The second-order valence-electron chi connectivity index (χ2n) is 3.79. The van der Waals surface area contributed by atoms with E-state index < -0.39 is 5.97 Å². The second-order valence-corrected chi connectivity index (χ2v) is 3.79. The van der Waals surface area contributed by atoms with Crippen molar-refractivity contribution in [3.63, 3.8) is 0 Å². The summed E-state index contributed by atoms with van der Waals surface area (Å²) in [4.78, 5) is 18.1. The van der Waals surface area contributed by atoms with Crippen LogP contribution in [-0.4, -0.2) is 47.4 Å². The molecule has 1 fully saturated rings. The monoisotopic (exact) mass is 198 g/mol. The van der Waals surface area contributed by atoms with Gasteiger partial charge in [-0.15, -0.1) is 0 Å². The van der Waals surface area contributed by atoms with Crippen molar-refractivity contribution in [2.75, 3.05) is 19.6 Å². The summed E-state index contributed by atoms with van der Waals surface area (Å²) >= 11 is 0. The number of carbonyl (C=O) groups is 1. The lowest BCUT2D eigenvalue weighted by atomic mass is 10.0. The van der Waals surface area contributed by atoms with E-state index in [9.17, 15) is 4.79 Å². The Kier molecular flexibility index (Phi) is 2.41. The number of hydrogen-bond donors (Lipinski definition) is 1. The summed E-state index contributed by atoms with van der Waals surface area (Å²) in [6.45, 7) is 4.69. The van der Waals surface area contributed by atoms with Crippen LogP contribution in [0.25, 0.3) is 0 Å². The Labute approximate surface area is 82.3 Å². The van der Waals surface area contributed by atoms with Gasteiger partial charge in [-0.2, -0.15) is 0 Å². The van der Waals surface area contributed by atoms with Gasteiger partial charge in [0, 0.05) is 13.1 Å². The maximum absolute atomic E-state index is 10.8. The summed E-state index contributed by atoms with van der Waals surface area (Å²) in [5, 5.41) is 12.5. The van der Waals surface area contributed by atoms with Crippen molar-refractivity contribution in [2.45, 2.75) is 19.4 Å². The van der Waals surface area contributed by atoms with Crippen LogP contribution < -0.4 is 0 Å². The first-order chi connectivity index (χ1) is 6.72. The summed E-state index contributed by atoms with van der Waals surface area (Å²) in [5.41, 5.74) is 0.189. The van der Waals surface area contributed by atoms with Gasteiger partial charge in [-0.1, -0.05) is 12.1 Å². The molecule has 5 heteroatoms. The van der Waals surface area contributed by atoms with E-state index in [2.05, 4.69) is 17.0 Å². The van der Waals surface area contributed by atoms with Gasteiger partial charge < -0.3 is 9.94 Å². The minimum absolute atomic E-state index is 0.0287. The van der Waals surface area contributed by atoms with E-state index in [0.717, 1.165) is 26.1 Å². The molecule has 1 N–H and O–H groups in total. The highest BCUT2D eigenvalue weighted by Gasteiger charge is 2.44. The van der Waals surface area contributed by atoms with Crippen molar-refractivity contribution in [1.82, 2.24) is 4.90 Å². The van der Waals surface area contributed by atoms with E-state index in [1.54, 1.807) is 0 Å². The molecule has 2 heterocycles. The summed E-state index contributed by atoms with van der Waals surface area (Å²) in [6.07, 6.45) is 1.05. The smallest absolute Gasteiger partial charge is 0.354 e. The maximum Gasteiger partial charge on any atom is 0.354 e. The van der Waals surface area contributed by atoms with Crippen LogP contribution in [0.1, 0.15) is 13.3 Å². The van der Waals surface area contributed by atoms with Crippen LogP contribution >= 0.6 is 0 Å². The fourth-order valence-corrected chi connectivity index (χ4v) is 2.11. The van der Waals surface area contributed by atoms with Crippen LogP contribution in [0.5, 0.6) is 0 Å². The molecule has 0 amide bonds. The molecule has 0 bridgehead atoms. The van der Waals surface area contributed by atoms with Crippen molar-refractivity contribution >= 4 is 11.7 Å². The zero-order valence-electron chi connectivity index (χ0n) is 8.14. The van der Waals surface area contributed by atoms with Crippen LogP contribution in [0.2, 0.25) is 0 Å². The predicted molar refractivity (Wildman–Crippen MR) is 50.2 cm³/mol. The Bertz CT molecular complexity index is 277. The van der Waals surface area contributed by atoms with Gasteiger partial charge in [-0.3, -0.25) is 4.90 Å². The van der Waals surface area contributed by atoms with Crippen molar-refractivity contribution < 1.29 is 14.7 Å². The zero-order valence-corrected chi connectivity index (χ0v) is 8.14. The van der Waals surface area contributed by atoms with Gasteiger partial charge in [0.2, 0.25) is 0 Å². The Hall–Kier alpha value is -1.10. The number of aliphatic carboxylic acids is 1. The quantitative estimate of drug-likeness (QED) is 0.702.